The Morgan fingerprint density at radius 1 is 1.24 bits per heavy atom. The predicted molar refractivity (Wildman–Crippen MR) is 87.3 cm³/mol. The summed E-state index contributed by atoms with van der Waals surface area (Å²) < 4.78 is 19.8. The van der Waals surface area contributed by atoms with Gasteiger partial charge in [-0.3, -0.25) is 0 Å². The van der Waals surface area contributed by atoms with Gasteiger partial charge in [-0.1, -0.05) is 19.1 Å². The Morgan fingerprint density at radius 3 is 2.81 bits per heavy atom. The third-order valence-corrected chi connectivity index (χ3v) is 3.83. The van der Waals surface area contributed by atoms with E-state index in [-0.39, 0.29) is 11.9 Å². The average Bonchev–Trinajstić information content (AvgIpc) is 2.49. The maximum atomic E-state index is 13.3. The van der Waals surface area contributed by atoms with Gasteiger partial charge in [-0.2, -0.15) is 0 Å². The molecule has 0 saturated carbocycles. The molecule has 0 fully saturated rings. The van der Waals surface area contributed by atoms with Crippen LogP contribution in [0.15, 0.2) is 46.9 Å². The highest BCUT2D eigenvalue weighted by molar-refractivity contribution is 9.10. The molecule has 0 aliphatic carbocycles. The second-order valence-corrected chi connectivity index (χ2v) is 5.78. The first-order valence-corrected chi connectivity index (χ1v) is 7.85. The Bertz CT molecular complexity index is 603. The van der Waals surface area contributed by atoms with Crippen molar-refractivity contribution in [2.45, 2.75) is 26.3 Å². The third-order valence-electron chi connectivity index (χ3n) is 3.18. The van der Waals surface area contributed by atoms with Crippen LogP contribution in [-0.2, 0) is 0 Å². The van der Waals surface area contributed by atoms with Crippen molar-refractivity contribution in [3.05, 3.63) is 58.3 Å². The maximum Gasteiger partial charge on any atom is 0.144 e. The minimum absolute atomic E-state index is 0.254. The lowest BCUT2D eigenvalue weighted by molar-refractivity contribution is 0.471. The van der Waals surface area contributed by atoms with Crippen LogP contribution in [0, 0.1) is 5.82 Å². The molecule has 1 unspecified atom stereocenters. The molecule has 21 heavy (non-hydrogen) atoms. The van der Waals surface area contributed by atoms with Gasteiger partial charge in [0.2, 0.25) is 0 Å². The van der Waals surface area contributed by atoms with Crippen LogP contribution >= 0.6 is 15.9 Å². The van der Waals surface area contributed by atoms with Gasteiger partial charge in [0.1, 0.15) is 17.3 Å². The summed E-state index contributed by atoms with van der Waals surface area (Å²) in [6, 6.07) is 12.5. The largest absolute Gasteiger partial charge is 0.456 e. The summed E-state index contributed by atoms with van der Waals surface area (Å²) in [5.41, 5.74) is 1.15. The van der Waals surface area contributed by atoms with Gasteiger partial charge in [0.25, 0.3) is 0 Å². The molecule has 0 aliphatic rings. The first-order chi connectivity index (χ1) is 10.1. The molecule has 0 aromatic heterocycles. The number of hydrogen-bond donors (Lipinski definition) is 1. The molecule has 0 bridgehead atoms. The van der Waals surface area contributed by atoms with Crippen LogP contribution < -0.4 is 10.1 Å². The summed E-state index contributed by atoms with van der Waals surface area (Å²) in [7, 11) is 0. The van der Waals surface area contributed by atoms with Crippen molar-refractivity contribution in [2.24, 2.45) is 0 Å². The summed E-state index contributed by atoms with van der Waals surface area (Å²) >= 11 is 3.37. The highest BCUT2D eigenvalue weighted by atomic mass is 79.9. The molecule has 4 heteroatoms. The molecular formula is C17H19BrFNO. The van der Waals surface area contributed by atoms with Crippen molar-refractivity contribution < 1.29 is 9.13 Å². The van der Waals surface area contributed by atoms with Crippen molar-refractivity contribution in [2.75, 3.05) is 6.54 Å². The lowest BCUT2D eigenvalue weighted by atomic mass is 10.1. The summed E-state index contributed by atoms with van der Waals surface area (Å²) in [6.07, 6.45) is 1.09. The van der Waals surface area contributed by atoms with E-state index in [1.54, 1.807) is 6.07 Å². The molecule has 0 radical (unpaired) electrons. The lowest BCUT2D eigenvalue weighted by Gasteiger charge is -2.15. The molecular weight excluding hydrogens is 333 g/mol. The fourth-order valence-electron chi connectivity index (χ4n) is 2.01. The number of nitrogens with one attached hydrogen (secondary N) is 1. The van der Waals surface area contributed by atoms with Gasteiger partial charge in [-0.05, 0) is 65.6 Å². The zero-order valence-electron chi connectivity index (χ0n) is 12.2. The zero-order valence-corrected chi connectivity index (χ0v) is 13.8. The Kier molecular flexibility index (Phi) is 5.76. The van der Waals surface area contributed by atoms with E-state index in [1.165, 1.54) is 12.1 Å². The predicted octanol–water partition coefficient (Wildman–Crippen LogP) is 5.44. The molecule has 0 spiro atoms. The average molecular weight is 352 g/mol. The molecule has 2 aromatic rings. The molecule has 0 heterocycles. The van der Waals surface area contributed by atoms with Crippen molar-refractivity contribution in [3.63, 3.8) is 0 Å². The van der Waals surface area contributed by atoms with E-state index < -0.39 is 0 Å². The van der Waals surface area contributed by atoms with Crippen LogP contribution in [0.2, 0.25) is 0 Å². The molecule has 0 aliphatic heterocycles. The fraction of sp³-hybridized carbons (Fsp3) is 0.294. The number of ether oxygens (including phenoxy) is 1. The van der Waals surface area contributed by atoms with Crippen LogP contribution in [0.5, 0.6) is 11.5 Å². The van der Waals surface area contributed by atoms with E-state index in [2.05, 4.69) is 41.2 Å². The first-order valence-electron chi connectivity index (χ1n) is 7.06. The van der Waals surface area contributed by atoms with Crippen molar-refractivity contribution >= 4 is 15.9 Å². The second kappa shape index (κ2) is 7.57. The van der Waals surface area contributed by atoms with Crippen LogP contribution in [0.1, 0.15) is 31.9 Å². The van der Waals surface area contributed by atoms with E-state index in [1.807, 2.05) is 18.2 Å². The minimum atomic E-state index is -0.317. The maximum absolute atomic E-state index is 13.3. The van der Waals surface area contributed by atoms with Gasteiger partial charge >= 0.3 is 0 Å². The van der Waals surface area contributed by atoms with E-state index in [9.17, 15) is 4.39 Å². The van der Waals surface area contributed by atoms with Gasteiger partial charge in [0.05, 0.1) is 4.47 Å². The van der Waals surface area contributed by atoms with Gasteiger partial charge in [-0.15, -0.1) is 0 Å². The smallest absolute Gasteiger partial charge is 0.144 e. The Morgan fingerprint density at radius 2 is 2.05 bits per heavy atom. The summed E-state index contributed by atoms with van der Waals surface area (Å²) in [5, 5.41) is 3.44. The Labute approximate surface area is 133 Å². The van der Waals surface area contributed by atoms with Crippen LogP contribution in [-0.4, -0.2) is 6.54 Å². The summed E-state index contributed by atoms with van der Waals surface area (Å²) in [6.45, 7) is 5.23. The van der Waals surface area contributed by atoms with Crippen molar-refractivity contribution in [1.82, 2.24) is 5.32 Å². The number of benzene rings is 2. The van der Waals surface area contributed by atoms with E-state index in [0.29, 0.717) is 11.5 Å². The van der Waals surface area contributed by atoms with E-state index in [0.717, 1.165) is 23.0 Å². The molecule has 1 N–H and O–H groups in total. The number of hydrogen-bond acceptors (Lipinski definition) is 2. The topological polar surface area (TPSA) is 21.3 Å². The second-order valence-electron chi connectivity index (χ2n) is 4.93. The van der Waals surface area contributed by atoms with Gasteiger partial charge in [0.15, 0.2) is 0 Å². The SMILES string of the molecule is CCCNC(C)c1cccc(Oc2cc(F)ccc2Br)c1. The van der Waals surface area contributed by atoms with Gasteiger partial charge < -0.3 is 10.1 Å². The third kappa shape index (κ3) is 4.55. The normalized spacial score (nSPS) is 12.2. The molecule has 2 nitrogen and oxygen atoms in total. The fourth-order valence-corrected chi connectivity index (χ4v) is 2.34. The highest BCUT2D eigenvalue weighted by Crippen LogP contribution is 2.31. The summed E-state index contributed by atoms with van der Waals surface area (Å²) in [5.74, 6) is 0.854. The van der Waals surface area contributed by atoms with E-state index >= 15 is 0 Å². The minimum Gasteiger partial charge on any atom is -0.456 e. The number of halogens is 2. The molecule has 2 aromatic carbocycles. The Balaban J connectivity index is 2.15. The molecule has 112 valence electrons. The lowest BCUT2D eigenvalue weighted by Crippen LogP contribution is -2.19. The Hall–Kier alpha value is -1.39. The first kappa shape index (κ1) is 16.0. The van der Waals surface area contributed by atoms with Gasteiger partial charge in [-0.25, -0.2) is 4.39 Å². The monoisotopic (exact) mass is 351 g/mol. The molecule has 1 atom stereocenters. The zero-order chi connectivity index (χ0) is 15.2. The van der Waals surface area contributed by atoms with Crippen LogP contribution in [0.4, 0.5) is 4.39 Å². The van der Waals surface area contributed by atoms with Crippen molar-refractivity contribution in [1.29, 1.82) is 0 Å². The van der Waals surface area contributed by atoms with E-state index in [4.69, 9.17) is 4.74 Å². The van der Waals surface area contributed by atoms with Crippen molar-refractivity contribution in [3.8, 4) is 11.5 Å². The highest BCUT2D eigenvalue weighted by Gasteiger charge is 2.08. The van der Waals surface area contributed by atoms with Crippen LogP contribution in [0.3, 0.4) is 0 Å². The molecule has 0 saturated heterocycles. The quantitative estimate of drug-likeness (QED) is 0.747. The molecule has 2 rings (SSSR count). The molecule has 0 amide bonds. The summed E-state index contributed by atoms with van der Waals surface area (Å²) in [4.78, 5) is 0. The van der Waals surface area contributed by atoms with Crippen LogP contribution in [0.25, 0.3) is 0 Å². The van der Waals surface area contributed by atoms with Gasteiger partial charge in [0, 0.05) is 12.1 Å². The standard InChI is InChI=1S/C17H19BrFNO/c1-3-9-20-12(2)13-5-4-6-15(10-13)21-17-11-14(19)7-8-16(17)18/h4-8,10-12,20H,3,9H2,1-2H3. The number of rotatable bonds is 6.